The minimum Gasteiger partial charge on any atom is -0.393 e. The van der Waals surface area contributed by atoms with Gasteiger partial charge in [-0.1, -0.05) is 0 Å². The van der Waals surface area contributed by atoms with Gasteiger partial charge in [-0.25, -0.2) is 0 Å². The molecule has 1 heterocycles. The standard InChI is InChI=1S/C9H7N2.C5H12O2.Ir/c1-2-5-9(6-3-1)11-8-4-7-10-11;1-4(6)3-5(2)7;/h1-5,7-8H;4-7H,3H2,1-2H3;/q-1;;. The number of hydrogen-bond donors (Lipinski definition) is 2. The predicted molar refractivity (Wildman–Crippen MR) is 70.4 cm³/mol. The molecule has 0 aliphatic rings. The topological polar surface area (TPSA) is 58.3 Å². The molecule has 0 aliphatic heterocycles. The molecule has 19 heavy (non-hydrogen) atoms. The summed E-state index contributed by atoms with van der Waals surface area (Å²) in [4.78, 5) is 0. The number of aromatic nitrogens is 2. The number of aliphatic hydroxyl groups is 2. The van der Waals surface area contributed by atoms with Crippen molar-refractivity contribution in [1.82, 2.24) is 9.78 Å². The summed E-state index contributed by atoms with van der Waals surface area (Å²) in [5, 5.41) is 21.2. The van der Waals surface area contributed by atoms with Crippen LogP contribution in [0.4, 0.5) is 0 Å². The van der Waals surface area contributed by atoms with E-state index in [0.717, 1.165) is 5.69 Å². The van der Waals surface area contributed by atoms with Crippen LogP contribution in [0.25, 0.3) is 5.69 Å². The third-order valence-electron chi connectivity index (χ3n) is 2.13. The smallest absolute Gasteiger partial charge is 0.0536 e. The van der Waals surface area contributed by atoms with E-state index in [1.54, 1.807) is 24.7 Å². The summed E-state index contributed by atoms with van der Waals surface area (Å²) in [6, 6.07) is 12.7. The molecule has 0 amide bonds. The number of nitrogens with zero attached hydrogens (tertiary/aromatic N) is 2. The van der Waals surface area contributed by atoms with E-state index in [9.17, 15) is 0 Å². The van der Waals surface area contributed by atoms with Crippen molar-refractivity contribution in [2.75, 3.05) is 0 Å². The van der Waals surface area contributed by atoms with Crippen LogP contribution in [0.5, 0.6) is 0 Å². The fourth-order valence-corrected chi connectivity index (χ4v) is 1.43. The molecule has 0 spiro atoms. The molecule has 2 N–H and O–H groups in total. The average molecular weight is 440 g/mol. The van der Waals surface area contributed by atoms with E-state index < -0.39 is 0 Å². The van der Waals surface area contributed by atoms with Gasteiger partial charge in [0.1, 0.15) is 0 Å². The summed E-state index contributed by atoms with van der Waals surface area (Å²) in [6.45, 7) is 3.32. The number of para-hydroxylation sites is 1. The van der Waals surface area contributed by atoms with Crippen LogP contribution in [0.15, 0.2) is 42.7 Å². The van der Waals surface area contributed by atoms with Gasteiger partial charge in [0.25, 0.3) is 0 Å². The molecule has 4 nitrogen and oxygen atoms in total. The molecule has 0 saturated heterocycles. The Morgan fingerprint density at radius 3 is 2.26 bits per heavy atom. The van der Waals surface area contributed by atoms with Crippen molar-refractivity contribution in [2.45, 2.75) is 32.5 Å². The van der Waals surface area contributed by atoms with Gasteiger partial charge in [0.2, 0.25) is 0 Å². The van der Waals surface area contributed by atoms with Crippen LogP contribution in [-0.2, 0) is 20.1 Å². The molecule has 107 valence electrons. The van der Waals surface area contributed by atoms with E-state index >= 15 is 0 Å². The monoisotopic (exact) mass is 440 g/mol. The van der Waals surface area contributed by atoms with Gasteiger partial charge in [-0.2, -0.15) is 29.4 Å². The molecule has 2 aromatic rings. The largest absolute Gasteiger partial charge is 0.393 e. The molecule has 5 heteroatoms. The molecule has 2 atom stereocenters. The Hall–Kier alpha value is -1.00. The van der Waals surface area contributed by atoms with Crippen LogP contribution in [0.2, 0.25) is 0 Å². The van der Waals surface area contributed by atoms with Crippen molar-refractivity contribution < 1.29 is 30.3 Å². The van der Waals surface area contributed by atoms with E-state index in [1.807, 2.05) is 36.5 Å². The quantitative estimate of drug-likeness (QED) is 0.718. The molecule has 1 aromatic heterocycles. The summed E-state index contributed by atoms with van der Waals surface area (Å²) in [5.74, 6) is 0. The number of hydrogen-bond acceptors (Lipinski definition) is 3. The van der Waals surface area contributed by atoms with Crippen molar-refractivity contribution in [1.29, 1.82) is 0 Å². The van der Waals surface area contributed by atoms with Crippen molar-refractivity contribution >= 4 is 0 Å². The zero-order valence-electron chi connectivity index (χ0n) is 11.0. The van der Waals surface area contributed by atoms with Crippen LogP contribution in [0.3, 0.4) is 0 Å². The minimum absolute atomic E-state index is 0. The van der Waals surface area contributed by atoms with E-state index in [0.29, 0.717) is 6.42 Å². The van der Waals surface area contributed by atoms with Gasteiger partial charge in [0.15, 0.2) is 0 Å². The molecular formula is C14H19IrN2O2-. The molecule has 1 radical (unpaired) electrons. The Morgan fingerprint density at radius 2 is 1.89 bits per heavy atom. The van der Waals surface area contributed by atoms with E-state index in [2.05, 4.69) is 11.2 Å². The van der Waals surface area contributed by atoms with Crippen LogP contribution in [-0.4, -0.2) is 32.2 Å². The first-order valence-corrected chi connectivity index (χ1v) is 5.92. The number of rotatable bonds is 3. The SMILES string of the molecule is CC(O)CC(C)O.[Ir].[c-]1ccccc1-n1cccn1. The molecule has 2 unspecified atom stereocenters. The van der Waals surface area contributed by atoms with Crippen LogP contribution >= 0.6 is 0 Å². The van der Waals surface area contributed by atoms with Crippen LogP contribution in [0, 0.1) is 6.07 Å². The van der Waals surface area contributed by atoms with Gasteiger partial charge in [-0.15, -0.1) is 6.07 Å². The molecule has 0 saturated carbocycles. The first-order chi connectivity index (χ1) is 8.59. The third kappa shape index (κ3) is 7.90. The summed E-state index contributed by atoms with van der Waals surface area (Å²) >= 11 is 0. The Morgan fingerprint density at radius 1 is 1.21 bits per heavy atom. The Kier molecular flexibility index (Phi) is 9.35. The minimum atomic E-state index is -0.375. The average Bonchev–Trinajstić information content (AvgIpc) is 2.82. The molecule has 1 aromatic carbocycles. The van der Waals surface area contributed by atoms with Gasteiger partial charge in [0, 0.05) is 32.5 Å². The first kappa shape index (κ1) is 18.0. The zero-order chi connectivity index (χ0) is 13.4. The Balaban J connectivity index is 0.000000360. The predicted octanol–water partition coefficient (Wildman–Crippen LogP) is 1.81. The van der Waals surface area contributed by atoms with Crippen molar-refractivity contribution in [3.8, 4) is 5.69 Å². The number of aliphatic hydroxyl groups excluding tert-OH is 2. The van der Waals surface area contributed by atoms with E-state index in [1.165, 1.54) is 0 Å². The van der Waals surface area contributed by atoms with Gasteiger partial charge in [0.05, 0.1) is 12.2 Å². The van der Waals surface area contributed by atoms with E-state index in [4.69, 9.17) is 10.2 Å². The summed E-state index contributed by atoms with van der Waals surface area (Å²) in [7, 11) is 0. The summed E-state index contributed by atoms with van der Waals surface area (Å²) < 4.78 is 1.78. The fourth-order valence-electron chi connectivity index (χ4n) is 1.43. The Bertz CT molecular complexity index is 410. The van der Waals surface area contributed by atoms with Gasteiger partial charge in [-0.3, -0.25) is 4.68 Å². The summed E-state index contributed by atoms with van der Waals surface area (Å²) in [5.41, 5.74) is 0.970. The third-order valence-corrected chi connectivity index (χ3v) is 2.13. The molecule has 2 rings (SSSR count). The molecule has 0 aliphatic carbocycles. The number of benzene rings is 1. The van der Waals surface area contributed by atoms with E-state index in [-0.39, 0.29) is 32.3 Å². The molecule has 0 bridgehead atoms. The fraction of sp³-hybridized carbons (Fsp3) is 0.357. The normalized spacial score (nSPS) is 12.6. The second kappa shape index (κ2) is 9.87. The van der Waals surface area contributed by atoms with Crippen molar-refractivity contribution in [3.05, 3.63) is 48.8 Å². The first-order valence-electron chi connectivity index (χ1n) is 5.92. The maximum absolute atomic E-state index is 8.56. The molecule has 0 fully saturated rings. The maximum Gasteiger partial charge on any atom is 0.0536 e. The molecular weight excluding hydrogens is 420 g/mol. The van der Waals surface area contributed by atoms with Gasteiger partial charge >= 0.3 is 0 Å². The van der Waals surface area contributed by atoms with Gasteiger partial charge < -0.3 is 10.2 Å². The van der Waals surface area contributed by atoms with Crippen molar-refractivity contribution in [2.24, 2.45) is 0 Å². The van der Waals surface area contributed by atoms with Gasteiger partial charge in [-0.05, 0) is 32.0 Å². The van der Waals surface area contributed by atoms with Crippen molar-refractivity contribution in [3.63, 3.8) is 0 Å². The summed E-state index contributed by atoms with van der Waals surface area (Å²) in [6.07, 6.45) is 3.37. The Labute approximate surface area is 127 Å². The second-order valence-corrected chi connectivity index (χ2v) is 4.13. The van der Waals surface area contributed by atoms with Crippen LogP contribution in [0.1, 0.15) is 20.3 Å². The van der Waals surface area contributed by atoms with Crippen LogP contribution < -0.4 is 0 Å². The zero-order valence-corrected chi connectivity index (χ0v) is 13.4. The second-order valence-electron chi connectivity index (χ2n) is 4.13. The maximum atomic E-state index is 8.56.